The van der Waals surface area contributed by atoms with E-state index in [1.807, 2.05) is 38.1 Å². The Morgan fingerprint density at radius 1 is 1.09 bits per heavy atom. The topological polar surface area (TPSA) is 60.7 Å². The van der Waals surface area contributed by atoms with Gasteiger partial charge in [0.2, 0.25) is 5.91 Å². The minimum absolute atomic E-state index is 0.287. The fraction of sp³-hybridized carbons (Fsp3) is 0.148. The molecule has 0 radical (unpaired) electrons. The number of hydrogen-bond acceptors (Lipinski definition) is 4. The Morgan fingerprint density at radius 2 is 1.85 bits per heavy atom. The summed E-state index contributed by atoms with van der Waals surface area (Å²) in [7, 11) is 1.55. The van der Waals surface area contributed by atoms with Gasteiger partial charge < -0.3 is 19.2 Å². The van der Waals surface area contributed by atoms with Crippen molar-refractivity contribution in [2.45, 2.75) is 13.8 Å². The van der Waals surface area contributed by atoms with Gasteiger partial charge in [0.1, 0.15) is 22.9 Å². The van der Waals surface area contributed by atoms with Crippen LogP contribution < -0.4 is 14.8 Å². The number of fused-ring (bicyclic) bond motifs is 1. The molecule has 4 aromatic rings. The zero-order valence-corrected chi connectivity index (χ0v) is 18.6. The Morgan fingerprint density at radius 3 is 2.58 bits per heavy atom. The van der Waals surface area contributed by atoms with E-state index in [1.165, 1.54) is 18.2 Å². The van der Waals surface area contributed by atoms with Crippen molar-refractivity contribution < 1.29 is 23.1 Å². The van der Waals surface area contributed by atoms with Crippen molar-refractivity contribution in [3.63, 3.8) is 0 Å². The summed E-state index contributed by atoms with van der Waals surface area (Å²) in [5, 5.41) is 3.70. The van der Waals surface area contributed by atoms with Gasteiger partial charge in [0, 0.05) is 28.7 Å². The lowest BCUT2D eigenvalue weighted by atomic mass is 9.99. The number of para-hydroxylation sites is 2. The molecule has 0 fully saturated rings. The number of rotatable bonds is 7. The number of hydrogen-bond donors (Lipinski definition) is 1. The number of amides is 1. The fourth-order valence-corrected chi connectivity index (χ4v) is 3.68. The van der Waals surface area contributed by atoms with Gasteiger partial charge in [0.05, 0.1) is 25.7 Å². The van der Waals surface area contributed by atoms with Gasteiger partial charge in [-0.15, -0.1) is 0 Å². The molecule has 0 saturated heterocycles. The number of benzene rings is 3. The Hall–Kier alpha value is -4.06. The lowest BCUT2D eigenvalue weighted by Gasteiger charge is -2.12. The second-order valence-electron chi connectivity index (χ2n) is 7.45. The number of methoxy groups -OCH3 is 1. The first kappa shape index (κ1) is 22.1. The maximum atomic E-state index is 13.4. The van der Waals surface area contributed by atoms with Crippen LogP contribution in [0, 0.1) is 5.82 Å². The van der Waals surface area contributed by atoms with Crippen LogP contribution in [0.1, 0.15) is 19.4 Å². The first-order chi connectivity index (χ1) is 16.0. The van der Waals surface area contributed by atoms with E-state index in [2.05, 4.69) is 5.32 Å². The number of carbonyl (C=O) groups excluding carboxylic acids is 1. The highest BCUT2D eigenvalue weighted by Crippen LogP contribution is 2.37. The van der Waals surface area contributed by atoms with Crippen LogP contribution in [0.4, 0.5) is 10.1 Å². The second kappa shape index (κ2) is 9.61. The molecule has 5 nitrogen and oxygen atoms in total. The predicted octanol–water partition coefficient (Wildman–Crippen LogP) is 6.69. The number of anilines is 1. The second-order valence-corrected chi connectivity index (χ2v) is 7.45. The Balaban J connectivity index is 1.72. The summed E-state index contributed by atoms with van der Waals surface area (Å²) in [5.74, 6) is 0.607. The number of nitrogens with one attached hydrogen (secondary N) is 1. The van der Waals surface area contributed by atoms with Gasteiger partial charge in [0.25, 0.3) is 0 Å². The highest BCUT2D eigenvalue weighted by atomic mass is 19.1. The number of furan rings is 1. The minimum atomic E-state index is -0.300. The smallest absolute Gasteiger partial charge is 0.248 e. The normalized spacial score (nSPS) is 11.5. The SMILES string of the molecule is CCOc1cc2occ(-c3ccc(F)cc3)c2cc1/C(C)=C/C(=O)Nc1ccccc1OC. The van der Waals surface area contributed by atoms with E-state index in [0.29, 0.717) is 29.4 Å². The molecule has 6 heteroatoms. The number of halogens is 1. The third-order valence-corrected chi connectivity index (χ3v) is 5.27. The molecule has 0 spiro atoms. The van der Waals surface area contributed by atoms with Crippen molar-refractivity contribution in [3.05, 3.63) is 84.4 Å². The average Bonchev–Trinajstić information content (AvgIpc) is 3.22. The fourth-order valence-electron chi connectivity index (χ4n) is 3.68. The lowest BCUT2D eigenvalue weighted by molar-refractivity contribution is -0.111. The van der Waals surface area contributed by atoms with Gasteiger partial charge in [-0.2, -0.15) is 0 Å². The zero-order valence-electron chi connectivity index (χ0n) is 18.6. The molecule has 0 unspecified atom stereocenters. The number of ether oxygens (including phenoxy) is 2. The lowest BCUT2D eigenvalue weighted by Crippen LogP contribution is -2.09. The minimum Gasteiger partial charge on any atom is -0.495 e. The zero-order chi connectivity index (χ0) is 23.4. The molecule has 0 aliphatic carbocycles. The van der Waals surface area contributed by atoms with Gasteiger partial charge in [-0.25, -0.2) is 4.39 Å². The first-order valence-corrected chi connectivity index (χ1v) is 10.6. The molecule has 1 amide bonds. The third kappa shape index (κ3) is 4.75. The van der Waals surface area contributed by atoms with E-state index in [0.717, 1.165) is 27.6 Å². The summed E-state index contributed by atoms with van der Waals surface area (Å²) >= 11 is 0. The Kier molecular flexibility index (Phi) is 6.45. The highest BCUT2D eigenvalue weighted by Gasteiger charge is 2.16. The first-order valence-electron chi connectivity index (χ1n) is 10.6. The van der Waals surface area contributed by atoms with Crippen molar-refractivity contribution in [1.29, 1.82) is 0 Å². The molecule has 33 heavy (non-hydrogen) atoms. The highest BCUT2D eigenvalue weighted by molar-refractivity contribution is 6.06. The van der Waals surface area contributed by atoms with Crippen LogP contribution in [0.2, 0.25) is 0 Å². The van der Waals surface area contributed by atoms with Crippen LogP contribution in [-0.4, -0.2) is 19.6 Å². The van der Waals surface area contributed by atoms with Crippen LogP contribution in [-0.2, 0) is 4.79 Å². The van der Waals surface area contributed by atoms with Crippen molar-refractivity contribution in [3.8, 4) is 22.6 Å². The molecular formula is C27H24FNO4. The van der Waals surface area contributed by atoms with Gasteiger partial charge >= 0.3 is 0 Å². The molecular weight excluding hydrogens is 421 g/mol. The van der Waals surface area contributed by atoms with E-state index < -0.39 is 0 Å². The predicted molar refractivity (Wildman–Crippen MR) is 128 cm³/mol. The Labute approximate surface area is 191 Å². The van der Waals surface area contributed by atoms with E-state index in [-0.39, 0.29) is 11.7 Å². The van der Waals surface area contributed by atoms with Crippen molar-refractivity contribution in [2.75, 3.05) is 19.0 Å². The van der Waals surface area contributed by atoms with Gasteiger partial charge in [0.15, 0.2) is 0 Å². The van der Waals surface area contributed by atoms with Crippen molar-refractivity contribution in [2.24, 2.45) is 0 Å². The molecule has 168 valence electrons. The van der Waals surface area contributed by atoms with E-state index in [1.54, 1.807) is 37.6 Å². The summed E-state index contributed by atoms with van der Waals surface area (Å²) in [5.41, 5.74) is 4.39. The summed E-state index contributed by atoms with van der Waals surface area (Å²) < 4.78 is 30.3. The Bertz CT molecular complexity index is 1320. The summed E-state index contributed by atoms with van der Waals surface area (Å²) in [6, 6.07) is 17.2. The number of carbonyl (C=O) groups is 1. The molecule has 1 aromatic heterocycles. The maximum absolute atomic E-state index is 13.4. The van der Waals surface area contributed by atoms with Crippen LogP contribution in [0.25, 0.3) is 27.7 Å². The standard InChI is InChI=1S/C27H24FNO4/c1-4-32-25-15-26-21(22(16-33-26)18-9-11-19(28)12-10-18)14-20(25)17(2)13-27(30)29-23-7-5-6-8-24(23)31-3/h5-16H,4H2,1-3H3,(H,29,30)/b17-13+. The summed E-state index contributed by atoms with van der Waals surface area (Å²) in [6.45, 7) is 4.21. The number of allylic oxidation sites excluding steroid dienone is 1. The molecule has 0 saturated carbocycles. The summed E-state index contributed by atoms with van der Waals surface area (Å²) in [4.78, 5) is 12.7. The molecule has 0 bridgehead atoms. The van der Waals surface area contributed by atoms with Crippen LogP contribution >= 0.6 is 0 Å². The molecule has 0 aliphatic heterocycles. The van der Waals surface area contributed by atoms with Crippen LogP contribution in [0.15, 0.2) is 77.4 Å². The molecule has 0 aliphatic rings. The average molecular weight is 445 g/mol. The van der Waals surface area contributed by atoms with Crippen LogP contribution in [0.3, 0.4) is 0 Å². The van der Waals surface area contributed by atoms with Gasteiger partial charge in [-0.3, -0.25) is 4.79 Å². The van der Waals surface area contributed by atoms with Crippen molar-refractivity contribution >= 4 is 28.1 Å². The van der Waals surface area contributed by atoms with Gasteiger partial charge in [-0.05, 0) is 55.3 Å². The molecule has 0 atom stereocenters. The van der Waals surface area contributed by atoms with Crippen LogP contribution in [0.5, 0.6) is 11.5 Å². The molecule has 1 N–H and O–H groups in total. The largest absolute Gasteiger partial charge is 0.495 e. The molecule has 4 rings (SSSR count). The molecule has 1 heterocycles. The monoisotopic (exact) mass is 445 g/mol. The van der Waals surface area contributed by atoms with E-state index in [4.69, 9.17) is 13.9 Å². The quantitative estimate of drug-likeness (QED) is 0.322. The van der Waals surface area contributed by atoms with E-state index in [9.17, 15) is 9.18 Å². The van der Waals surface area contributed by atoms with Crippen molar-refractivity contribution in [1.82, 2.24) is 0 Å². The maximum Gasteiger partial charge on any atom is 0.248 e. The summed E-state index contributed by atoms with van der Waals surface area (Å²) in [6.07, 6.45) is 3.17. The van der Waals surface area contributed by atoms with E-state index >= 15 is 0 Å². The molecule has 3 aromatic carbocycles. The van der Waals surface area contributed by atoms with Gasteiger partial charge in [-0.1, -0.05) is 24.3 Å². The third-order valence-electron chi connectivity index (χ3n) is 5.27.